The Balaban J connectivity index is 2.44. The zero-order valence-corrected chi connectivity index (χ0v) is 9.62. The highest BCUT2D eigenvalue weighted by Crippen LogP contribution is 2.27. The maximum atomic E-state index is 5.61. The average Bonchev–Trinajstić information content (AvgIpc) is 2.60. The molecule has 84 valence electrons. The summed E-state index contributed by atoms with van der Waals surface area (Å²) in [5, 5.41) is 0. The monoisotopic (exact) mass is 200 g/mol. The Morgan fingerprint density at radius 3 is 2.71 bits per heavy atom. The quantitative estimate of drug-likeness (QED) is 0.524. The molecule has 0 aliphatic carbocycles. The predicted octanol–water partition coefficient (Wildman–Crippen LogP) is 1.68. The molecular weight excluding hydrogens is 176 g/mol. The van der Waals surface area contributed by atoms with E-state index in [1.807, 2.05) is 0 Å². The fourth-order valence-corrected chi connectivity index (χ4v) is 2.24. The summed E-state index contributed by atoms with van der Waals surface area (Å²) in [5.74, 6) is 6.94. The van der Waals surface area contributed by atoms with Gasteiger partial charge >= 0.3 is 0 Å². The van der Waals surface area contributed by atoms with E-state index in [9.17, 15) is 0 Å². The summed E-state index contributed by atoms with van der Waals surface area (Å²) < 4.78 is 5.57. The molecule has 0 radical (unpaired) electrons. The van der Waals surface area contributed by atoms with Gasteiger partial charge in [0.15, 0.2) is 0 Å². The molecule has 1 heterocycles. The van der Waals surface area contributed by atoms with Gasteiger partial charge in [-0.3, -0.25) is 11.3 Å². The van der Waals surface area contributed by atoms with Crippen LogP contribution in [0.25, 0.3) is 0 Å². The molecule has 0 aromatic rings. The Labute approximate surface area is 87.4 Å². The third-order valence-electron chi connectivity index (χ3n) is 3.52. The van der Waals surface area contributed by atoms with Crippen LogP contribution in [-0.4, -0.2) is 18.8 Å². The van der Waals surface area contributed by atoms with Crippen molar-refractivity contribution in [3.05, 3.63) is 0 Å². The number of hydrazine groups is 1. The third kappa shape index (κ3) is 2.94. The zero-order chi connectivity index (χ0) is 10.6. The standard InChI is InChI=1S/C11H24N2O/c1-4-8(2)7-11(13-12)10-5-6-14-9(10)3/h8-11,13H,4-7,12H2,1-3H3. The molecule has 4 atom stereocenters. The van der Waals surface area contributed by atoms with Crippen LogP contribution in [-0.2, 0) is 4.74 Å². The maximum absolute atomic E-state index is 5.61. The van der Waals surface area contributed by atoms with E-state index >= 15 is 0 Å². The fourth-order valence-electron chi connectivity index (χ4n) is 2.24. The summed E-state index contributed by atoms with van der Waals surface area (Å²) in [7, 11) is 0. The molecule has 4 unspecified atom stereocenters. The van der Waals surface area contributed by atoms with Gasteiger partial charge in [0.1, 0.15) is 0 Å². The molecule has 1 saturated heterocycles. The van der Waals surface area contributed by atoms with Crippen LogP contribution in [0.4, 0.5) is 0 Å². The Morgan fingerprint density at radius 1 is 1.57 bits per heavy atom. The molecule has 0 bridgehead atoms. The summed E-state index contributed by atoms with van der Waals surface area (Å²) >= 11 is 0. The predicted molar refractivity (Wildman–Crippen MR) is 58.7 cm³/mol. The van der Waals surface area contributed by atoms with Crippen molar-refractivity contribution < 1.29 is 4.74 Å². The second-order valence-corrected chi connectivity index (χ2v) is 4.55. The van der Waals surface area contributed by atoms with Crippen molar-refractivity contribution in [1.82, 2.24) is 5.43 Å². The lowest BCUT2D eigenvalue weighted by Crippen LogP contribution is -2.44. The molecule has 1 rings (SSSR count). The maximum Gasteiger partial charge on any atom is 0.0591 e. The lowest BCUT2D eigenvalue weighted by molar-refractivity contribution is 0.0921. The summed E-state index contributed by atoms with van der Waals surface area (Å²) in [4.78, 5) is 0. The lowest BCUT2D eigenvalue weighted by Gasteiger charge is -2.27. The smallest absolute Gasteiger partial charge is 0.0591 e. The Bertz CT molecular complexity index is 163. The van der Waals surface area contributed by atoms with Crippen molar-refractivity contribution >= 4 is 0 Å². The van der Waals surface area contributed by atoms with Gasteiger partial charge in [0.2, 0.25) is 0 Å². The molecular formula is C11H24N2O. The van der Waals surface area contributed by atoms with Crippen molar-refractivity contribution in [3.8, 4) is 0 Å². The number of rotatable bonds is 5. The minimum atomic E-state index is 0.361. The summed E-state index contributed by atoms with van der Waals surface area (Å²) in [6.07, 6.45) is 3.89. The Morgan fingerprint density at radius 2 is 2.29 bits per heavy atom. The van der Waals surface area contributed by atoms with Gasteiger partial charge in [-0.1, -0.05) is 20.3 Å². The lowest BCUT2D eigenvalue weighted by atomic mass is 9.87. The van der Waals surface area contributed by atoms with Crippen LogP contribution >= 0.6 is 0 Å². The van der Waals surface area contributed by atoms with Crippen LogP contribution in [0.2, 0.25) is 0 Å². The van der Waals surface area contributed by atoms with Crippen molar-refractivity contribution in [2.24, 2.45) is 17.7 Å². The SMILES string of the molecule is CCC(C)CC(NN)C1CCOC1C. The minimum absolute atomic E-state index is 0.361. The second kappa shape index (κ2) is 5.69. The molecule has 0 aromatic heterocycles. The highest BCUT2D eigenvalue weighted by Gasteiger charge is 2.31. The van der Waals surface area contributed by atoms with Gasteiger partial charge in [-0.15, -0.1) is 0 Å². The molecule has 1 aliphatic heterocycles. The number of nitrogens with one attached hydrogen (secondary N) is 1. The molecule has 1 aliphatic rings. The fraction of sp³-hybridized carbons (Fsp3) is 1.00. The largest absolute Gasteiger partial charge is 0.378 e. The van der Waals surface area contributed by atoms with E-state index in [0.29, 0.717) is 18.1 Å². The molecule has 0 aromatic carbocycles. The number of hydrogen-bond donors (Lipinski definition) is 2. The summed E-state index contributed by atoms with van der Waals surface area (Å²) in [6.45, 7) is 7.56. The van der Waals surface area contributed by atoms with E-state index < -0.39 is 0 Å². The van der Waals surface area contributed by atoms with Crippen molar-refractivity contribution in [3.63, 3.8) is 0 Å². The van der Waals surface area contributed by atoms with Crippen LogP contribution in [0, 0.1) is 11.8 Å². The van der Waals surface area contributed by atoms with Gasteiger partial charge in [0.25, 0.3) is 0 Å². The van der Waals surface area contributed by atoms with E-state index in [-0.39, 0.29) is 0 Å². The molecule has 1 fully saturated rings. The molecule has 3 nitrogen and oxygen atoms in total. The molecule has 0 amide bonds. The van der Waals surface area contributed by atoms with Crippen LogP contribution in [0.1, 0.15) is 40.0 Å². The number of ether oxygens (including phenoxy) is 1. The first-order valence-corrected chi connectivity index (χ1v) is 5.76. The van der Waals surface area contributed by atoms with Gasteiger partial charge in [0.05, 0.1) is 6.10 Å². The summed E-state index contributed by atoms with van der Waals surface area (Å²) in [6, 6.07) is 0.419. The second-order valence-electron chi connectivity index (χ2n) is 4.55. The molecule has 14 heavy (non-hydrogen) atoms. The minimum Gasteiger partial charge on any atom is -0.378 e. The first-order chi connectivity index (χ1) is 6.69. The zero-order valence-electron chi connectivity index (χ0n) is 9.62. The van der Waals surface area contributed by atoms with Crippen LogP contribution < -0.4 is 11.3 Å². The van der Waals surface area contributed by atoms with E-state index in [1.54, 1.807) is 0 Å². The normalized spacial score (nSPS) is 31.7. The highest BCUT2D eigenvalue weighted by atomic mass is 16.5. The topological polar surface area (TPSA) is 47.3 Å². The van der Waals surface area contributed by atoms with Gasteiger partial charge in [0, 0.05) is 18.6 Å². The Hall–Kier alpha value is -0.120. The van der Waals surface area contributed by atoms with Crippen molar-refractivity contribution in [2.45, 2.75) is 52.2 Å². The van der Waals surface area contributed by atoms with Crippen LogP contribution in [0.3, 0.4) is 0 Å². The molecule has 3 heteroatoms. The van der Waals surface area contributed by atoms with E-state index in [4.69, 9.17) is 10.6 Å². The number of nitrogens with two attached hydrogens (primary N) is 1. The van der Waals surface area contributed by atoms with Gasteiger partial charge in [-0.2, -0.15) is 0 Å². The van der Waals surface area contributed by atoms with Gasteiger partial charge < -0.3 is 4.74 Å². The van der Waals surface area contributed by atoms with E-state index in [1.165, 1.54) is 6.42 Å². The van der Waals surface area contributed by atoms with Crippen LogP contribution in [0.15, 0.2) is 0 Å². The Kier molecular flexibility index (Phi) is 4.85. The molecule has 0 spiro atoms. The average molecular weight is 200 g/mol. The first kappa shape index (κ1) is 12.0. The first-order valence-electron chi connectivity index (χ1n) is 5.76. The molecule has 0 saturated carbocycles. The summed E-state index contributed by atoms with van der Waals surface area (Å²) in [5.41, 5.74) is 2.96. The van der Waals surface area contributed by atoms with Crippen LogP contribution in [0.5, 0.6) is 0 Å². The highest BCUT2D eigenvalue weighted by molar-refractivity contribution is 4.84. The third-order valence-corrected chi connectivity index (χ3v) is 3.52. The van der Waals surface area contributed by atoms with Crippen molar-refractivity contribution in [2.75, 3.05) is 6.61 Å². The van der Waals surface area contributed by atoms with E-state index in [0.717, 1.165) is 25.4 Å². The van der Waals surface area contributed by atoms with Gasteiger partial charge in [-0.05, 0) is 25.7 Å². The van der Waals surface area contributed by atoms with E-state index in [2.05, 4.69) is 26.2 Å². The van der Waals surface area contributed by atoms with Crippen molar-refractivity contribution in [1.29, 1.82) is 0 Å². The molecule has 3 N–H and O–H groups in total. The number of hydrogen-bond acceptors (Lipinski definition) is 3. The van der Waals surface area contributed by atoms with Gasteiger partial charge in [-0.25, -0.2) is 0 Å².